The van der Waals surface area contributed by atoms with Crippen LogP contribution in [0, 0.1) is 5.92 Å². The van der Waals surface area contributed by atoms with Crippen LogP contribution in [-0.2, 0) is 11.2 Å². The summed E-state index contributed by atoms with van der Waals surface area (Å²) >= 11 is 5.69. The topological polar surface area (TPSA) is 73.2 Å². The molecule has 2 unspecified atom stereocenters. The minimum Gasteiger partial charge on any atom is -0.550 e. The number of aliphatic carboxylic acids is 1. The Kier molecular flexibility index (Phi) is 2.63. The lowest BCUT2D eigenvalue weighted by Gasteiger charge is -2.28. The van der Waals surface area contributed by atoms with Crippen molar-refractivity contribution in [2.75, 3.05) is 0 Å². The molecule has 15 heavy (non-hydrogen) atoms. The SMILES string of the molecule is O=C([O-])C1Cc2ccc(Cl)nc2C(O)C1. The highest BCUT2D eigenvalue weighted by atomic mass is 35.5. The largest absolute Gasteiger partial charge is 0.550 e. The van der Waals surface area contributed by atoms with E-state index < -0.39 is 18.0 Å². The van der Waals surface area contributed by atoms with Gasteiger partial charge < -0.3 is 15.0 Å². The van der Waals surface area contributed by atoms with Gasteiger partial charge in [-0.1, -0.05) is 17.7 Å². The van der Waals surface area contributed by atoms with Gasteiger partial charge in [0.15, 0.2) is 0 Å². The van der Waals surface area contributed by atoms with Gasteiger partial charge in [-0.05, 0) is 24.5 Å². The van der Waals surface area contributed by atoms with Crippen molar-refractivity contribution in [2.24, 2.45) is 5.92 Å². The van der Waals surface area contributed by atoms with E-state index in [-0.39, 0.29) is 6.42 Å². The number of carboxylic acids is 1. The van der Waals surface area contributed by atoms with Crippen LogP contribution in [0.1, 0.15) is 23.8 Å². The predicted octanol–water partition coefficient (Wildman–Crippen LogP) is 0.0807. The molecule has 0 saturated heterocycles. The van der Waals surface area contributed by atoms with Crippen molar-refractivity contribution in [3.63, 3.8) is 0 Å². The van der Waals surface area contributed by atoms with E-state index in [9.17, 15) is 15.0 Å². The second-order valence-corrected chi connectivity index (χ2v) is 4.04. The molecule has 1 heterocycles. The summed E-state index contributed by atoms with van der Waals surface area (Å²) in [5.41, 5.74) is 1.22. The van der Waals surface area contributed by atoms with Gasteiger partial charge in [-0.15, -0.1) is 0 Å². The first-order chi connectivity index (χ1) is 7.08. The van der Waals surface area contributed by atoms with E-state index in [1.165, 1.54) is 0 Å². The highest BCUT2D eigenvalue weighted by molar-refractivity contribution is 6.29. The van der Waals surface area contributed by atoms with Crippen LogP contribution in [0.2, 0.25) is 5.15 Å². The van der Waals surface area contributed by atoms with Crippen LogP contribution < -0.4 is 5.11 Å². The van der Waals surface area contributed by atoms with Gasteiger partial charge in [-0.2, -0.15) is 0 Å². The highest BCUT2D eigenvalue weighted by Crippen LogP contribution is 2.32. The molecule has 0 amide bonds. The summed E-state index contributed by atoms with van der Waals surface area (Å²) in [5, 5.41) is 20.7. The Morgan fingerprint density at radius 3 is 3.00 bits per heavy atom. The molecule has 2 rings (SSSR count). The molecule has 1 aromatic heterocycles. The molecule has 1 aliphatic carbocycles. The van der Waals surface area contributed by atoms with Crippen molar-refractivity contribution < 1.29 is 15.0 Å². The average molecular weight is 227 g/mol. The van der Waals surface area contributed by atoms with E-state index in [0.717, 1.165) is 5.56 Å². The average Bonchev–Trinajstić information content (AvgIpc) is 2.18. The first kappa shape index (κ1) is 10.4. The third-order valence-electron chi connectivity index (χ3n) is 2.60. The van der Waals surface area contributed by atoms with Gasteiger partial charge >= 0.3 is 0 Å². The summed E-state index contributed by atoms with van der Waals surface area (Å²) in [4.78, 5) is 14.7. The van der Waals surface area contributed by atoms with Gasteiger partial charge in [0.2, 0.25) is 0 Å². The molecule has 0 fully saturated rings. The van der Waals surface area contributed by atoms with Crippen molar-refractivity contribution in [1.82, 2.24) is 4.98 Å². The Balaban J connectivity index is 2.36. The number of carbonyl (C=O) groups is 1. The second-order valence-electron chi connectivity index (χ2n) is 3.65. The summed E-state index contributed by atoms with van der Waals surface area (Å²) < 4.78 is 0. The van der Waals surface area contributed by atoms with Gasteiger partial charge in [-0.3, -0.25) is 0 Å². The number of hydrogen-bond acceptors (Lipinski definition) is 4. The Morgan fingerprint density at radius 1 is 1.60 bits per heavy atom. The zero-order chi connectivity index (χ0) is 11.0. The summed E-state index contributed by atoms with van der Waals surface area (Å²) in [6.45, 7) is 0. The fourth-order valence-corrected chi connectivity index (χ4v) is 2.00. The van der Waals surface area contributed by atoms with E-state index in [1.807, 2.05) is 0 Å². The van der Waals surface area contributed by atoms with E-state index in [1.54, 1.807) is 12.1 Å². The molecule has 0 aromatic carbocycles. The number of aliphatic hydroxyl groups excluding tert-OH is 1. The van der Waals surface area contributed by atoms with Crippen LogP contribution in [0.3, 0.4) is 0 Å². The van der Waals surface area contributed by atoms with E-state index in [2.05, 4.69) is 4.98 Å². The zero-order valence-corrected chi connectivity index (χ0v) is 8.57. The number of aliphatic hydroxyl groups is 1. The molecule has 0 spiro atoms. The number of pyridine rings is 1. The van der Waals surface area contributed by atoms with Crippen molar-refractivity contribution in [3.8, 4) is 0 Å². The molecule has 0 radical (unpaired) electrons. The number of rotatable bonds is 1. The molecular weight excluding hydrogens is 218 g/mol. The van der Waals surface area contributed by atoms with E-state index in [4.69, 9.17) is 11.6 Å². The standard InChI is InChI=1S/C10H10ClNO3/c11-8-2-1-5-3-6(10(14)15)4-7(13)9(5)12-8/h1-2,6-7,13H,3-4H2,(H,14,15)/p-1. The number of carbonyl (C=O) groups excluding carboxylic acids is 1. The van der Waals surface area contributed by atoms with Gasteiger partial charge in [0.25, 0.3) is 0 Å². The Bertz CT molecular complexity index is 408. The molecule has 0 saturated carbocycles. The number of hydrogen-bond donors (Lipinski definition) is 1. The molecule has 1 aromatic rings. The summed E-state index contributed by atoms with van der Waals surface area (Å²) in [6.07, 6.45) is -0.378. The fraction of sp³-hybridized carbons (Fsp3) is 0.400. The summed E-state index contributed by atoms with van der Waals surface area (Å²) in [6, 6.07) is 3.29. The maximum Gasteiger partial charge on any atom is 0.129 e. The molecule has 1 N–H and O–H groups in total. The number of carboxylic acid groups (broad SMARTS) is 1. The zero-order valence-electron chi connectivity index (χ0n) is 7.81. The van der Waals surface area contributed by atoms with Crippen LogP contribution in [0.4, 0.5) is 0 Å². The molecule has 80 valence electrons. The minimum atomic E-state index is -1.13. The number of fused-ring (bicyclic) bond motifs is 1. The lowest BCUT2D eigenvalue weighted by Crippen LogP contribution is -2.36. The van der Waals surface area contributed by atoms with Crippen LogP contribution in [0.5, 0.6) is 0 Å². The normalized spacial score (nSPS) is 24.7. The van der Waals surface area contributed by atoms with E-state index >= 15 is 0 Å². The lowest BCUT2D eigenvalue weighted by molar-refractivity contribution is -0.312. The third-order valence-corrected chi connectivity index (χ3v) is 2.81. The van der Waals surface area contributed by atoms with Crippen molar-refractivity contribution >= 4 is 17.6 Å². The smallest absolute Gasteiger partial charge is 0.129 e. The maximum atomic E-state index is 10.7. The summed E-state index contributed by atoms with van der Waals surface area (Å²) in [5.74, 6) is -1.77. The van der Waals surface area contributed by atoms with Crippen molar-refractivity contribution in [3.05, 3.63) is 28.5 Å². The molecule has 1 aliphatic rings. The fourth-order valence-electron chi connectivity index (χ4n) is 1.85. The Hall–Kier alpha value is -1.13. The van der Waals surface area contributed by atoms with Gasteiger partial charge in [0.05, 0.1) is 11.8 Å². The molecule has 2 atom stereocenters. The quantitative estimate of drug-likeness (QED) is 0.689. The summed E-state index contributed by atoms with van der Waals surface area (Å²) in [7, 11) is 0. The number of aromatic nitrogens is 1. The number of nitrogens with zero attached hydrogens (tertiary/aromatic N) is 1. The van der Waals surface area contributed by atoms with Crippen LogP contribution in [-0.4, -0.2) is 16.1 Å². The maximum absolute atomic E-state index is 10.7. The van der Waals surface area contributed by atoms with Crippen molar-refractivity contribution in [2.45, 2.75) is 18.9 Å². The predicted molar refractivity (Wildman–Crippen MR) is 51.0 cm³/mol. The number of halogens is 1. The monoisotopic (exact) mass is 226 g/mol. The van der Waals surface area contributed by atoms with Crippen LogP contribution in [0.15, 0.2) is 12.1 Å². The molecule has 4 nitrogen and oxygen atoms in total. The lowest BCUT2D eigenvalue weighted by atomic mass is 9.85. The second kappa shape index (κ2) is 3.79. The highest BCUT2D eigenvalue weighted by Gasteiger charge is 2.27. The third kappa shape index (κ3) is 1.96. The Morgan fingerprint density at radius 2 is 2.33 bits per heavy atom. The van der Waals surface area contributed by atoms with Gasteiger partial charge in [0.1, 0.15) is 5.15 Å². The molecule has 5 heteroatoms. The molecule has 0 bridgehead atoms. The molecular formula is C10H9ClNO3-. The molecule has 0 aliphatic heterocycles. The van der Waals surface area contributed by atoms with Crippen molar-refractivity contribution in [1.29, 1.82) is 0 Å². The van der Waals surface area contributed by atoms with Gasteiger partial charge in [-0.25, -0.2) is 4.98 Å². The van der Waals surface area contributed by atoms with E-state index in [0.29, 0.717) is 17.3 Å². The first-order valence-corrected chi connectivity index (χ1v) is 5.00. The Labute approximate surface area is 91.5 Å². The first-order valence-electron chi connectivity index (χ1n) is 4.62. The van der Waals surface area contributed by atoms with Crippen LogP contribution in [0.25, 0.3) is 0 Å². The van der Waals surface area contributed by atoms with Gasteiger partial charge in [0, 0.05) is 11.9 Å². The van der Waals surface area contributed by atoms with Crippen LogP contribution >= 0.6 is 11.6 Å². The minimum absolute atomic E-state index is 0.142.